The second kappa shape index (κ2) is 8.21. The van der Waals surface area contributed by atoms with Gasteiger partial charge in [-0.2, -0.15) is 0 Å². The lowest BCUT2D eigenvalue weighted by atomic mass is 9.93. The van der Waals surface area contributed by atoms with E-state index in [1.807, 2.05) is 6.08 Å². The molecule has 1 saturated carbocycles. The van der Waals surface area contributed by atoms with Crippen LogP contribution < -0.4 is 0 Å². The molecule has 2 unspecified atom stereocenters. The molecule has 0 saturated heterocycles. The van der Waals surface area contributed by atoms with Gasteiger partial charge in [0.05, 0.1) is 0 Å². The van der Waals surface area contributed by atoms with Gasteiger partial charge in [0, 0.05) is 5.38 Å². The van der Waals surface area contributed by atoms with E-state index in [9.17, 15) is 0 Å². The molecular weight excluding hydrogens is 204 g/mol. The molecule has 0 nitrogen and oxygen atoms in total. The molecule has 1 aliphatic rings. The minimum atomic E-state index is 0.465. The summed E-state index contributed by atoms with van der Waals surface area (Å²) in [6.07, 6.45) is 15.3. The van der Waals surface area contributed by atoms with Crippen molar-refractivity contribution in [1.29, 1.82) is 0 Å². The van der Waals surface area contributed by atoms with Crippen LogP contribution >= 0.6 is 11.6 Å². The van der Waals surface area contributed by atoms with E-state index in [2.05, 4.69) is 6.58 Å². The van der Waals surface area contributed by atoms with Gasteiger partial charge in [0.2, 0.25) is 0 Å². The number of allylic oxidation sites excluding steroid dienone is 1. The van der Waals surface area contributed by atoms with Crippen LogP contribution in [0.5, 0.6) is 0 Å². The molecule has 0 aliphatic heterocycles. The van der Waals surface area contributed by atoms with Gasteiger partial charge in [-0.05, 0) is 38.0 Å². The summed E-state index contributed by atoms with van der Waals surface area (Å²) in [5.74, 6) is 0.804. The average molecular weight is 229 g/mol. The van der Waals surface area contributed by atoms with E-state index in [4.69, 9.17) is 11.6 Å². The molecule has 0 N–H and O–H groups in total. The highest BCUT2D eigenvalue weighted by molar-refractivity contribution is 6.20. The zero-order chi connectivity index (χ0) is 10.9. The zero-order valence-corrected chi connectivity index (χ0v) is 10.6. The number of rotatable bonds is 6. The molecule has 0 bridgehead atoms. The van der Waals surface area contributed by atoms with Crippen LogP contribution in [0.2, 0.25) is 0 Å². The molecule has 1 rings (SSSR count). The van der Waals surface area contributed by atoms with E-state index in [0.717, 1.165) is 5.92 Å². The predicted molar refractivity (Wildman–Crippen MR) is 69.5 cm³/mol. The summed E-state index contributed by atoms with van der Waals surface area (Å²) in [6, 6.07) is 0. The number of alkyl halides is 1. The molecule has 88 valence electrons. The molecule has 15 heavy (non-hydrogen) atoms. The Hall–Kier alpha value is 0.0300. The minimum Gasteiger partial charge on any atom is -0.123 e. The van der Waals surface area contributed by atoms with Crippen molar-refractivity contribution in [3.8, 4) is 0 Å². The second-order valence-electron chi connectivity index (χ2n) is 4.84. The summed E-state index contributed by atoms with van der Waals surface area (Å²) in [5, 5.41) is 0.465. The third-order valence-corrected chi connectivity index (χ3v) is 4.12. The maximum atomic E-state index is 6.41. The first kappa shape index (κ1) is 13.1. The monoisotopic (exact) mass is 228 g/mol. The maximum absolute atomic E-state index is 6.41. The van der Waals surface area contributed by atoms with Crippen molar-refractivity contribution in [1.82, 2.24) is 0 Å². The Morgan fingerprint density at radius 2 is 1.87 bits per heavy atom. The molecule has 0 aromatic carbocycles. The molecule has 1 fully saturated rings. The molecule has 1 heteroatoms. The predicted octanol–water partition coefficient (Wildman–Crippen LogP) is 5.31. The van der Waals surface area contributed by atoms with Crippen molar-refractivity contribution in [2.75, 3.05) is 0 Å². The Morgan fingerprint density at radius 3 is 2.67 bits per heavy atom. The number of unbranched alkanes of at least 4 members (excludes halogenated alkanes) is 3. The van der Waals surface area contributed by atoms with E-state index in [0.29, 0.717) is 5.38 Å². The lowest BCUT2D eigenvalue weighted by Gasteiger charge is -2.19. The highest BCUT2D eigenvalue weighted by atomic mass is 35.5. The van der Waals surface area contributed by atoms with E-state index in [1.165, 1.54) is 64.2 Å². The van der Waals surface area contributed by atoms with Crippen LogP contribution in [0.3, 0.4) is 0 Å². The smallest absolute Gasteiger partial charge is 0.0364 e. The fourth-order valence-corrected chi connectivity index (χ4v) is 2.94. The summed E-state index contributed by atoms with van der Waals surface area (Å²) in [4.78, 5) is 0. The molecular formula is C14H25Cl. The van der Waals surface area contributed by atoms with Crippen molar-refractivity contribution in [3.05, 3.63) is 12.7 Å². The molecule has 0 aromatic rings. The third kappa shape index (κ3) is 5.61. The van der Waals surface area contributed by atoms with E-state index >= 15 is 0 Å². The van der Waals surface area contributed by atoms with Gasteiger partial charge in [0.1, 0.15) is 0 Å². The van der Waals surface area contributed by atoms with Gasteiger partial charge in [-0.15, -0.1) is 18.2 Å². The topological polar surface area (TPSA) is 0 Å². The summed E-state index contributed by atoms with van der Waals surface area (Å²) >= 11 is 6.41. The summed E-state index contributed by atoms with van der Waals surface area (Å²) in [7, 11) is 0. The largest absolute Gasteiger partial charge is 0.123 e. The van der Waals surface area contributed by atoms with Crippen LogP contribution in [0.1, 0.15) is 64.2 Å². The molecule has 0 amide bonds. The van der Waals surface area contributed by atoms with Crippen LogP contribution in [0.25, 0.3) is 0 Å². The first-order valence-corrected chi connectivity index (χ1v) is 7.03. The molecule has 0 aromatic heterocycles. The van der Waals surface area contributed by atoms with Crippen molar-refractivity contribution >= 4 is 11.6 Å². The van der Waals surface area contributed by atoms with Gasteiger partial charge < -0.3 is 0 Å². The van der Waals surface area contributed by atoms with Gasteiger partial charge >= 0.3 is 0 Å². The molecule has 0 heterocycles. The standard InChI is InChI=1S/C14H25Cl/c1-2-3-4-5-7-10-13-11-8-6-9-12-14(13)15/h2,13-14H,1,3-12H2. The Morgan fingerprint density at radius 1 is 1.07 bits per heavy atom. The summed E-state index contributed by atoms with van der Waals surface area (Å²) in [5.41, 5.74) is 0. The molecule has 2 atom stereocenters. The van der Waals surface area contributed by atoms with Crippen molar-refractivity contribution in [3.63, 3.8) is 0 Å². The fourth-order valence-electron chi connectivity index (χ4n) is 2.54. The fraction of sp³-hybridized carbons (Fsp3) is 0.857. The Bertz CT molecular complexity index is 165. The molecule has 1 aliphatic carbocycles. The normalized spacial score (nSPS) is 27.3. The van der Waals surface area contributed by atoms with E-state index < -0.39 is 0 Å². The quantitative estimate of drug-likeness (QED) is 0.250. The lowest BCUT2D eigenvalue weighted by molar-refractivity contribution is 0.413. The highest BCUT2D eigenvalue weighted by Gasteiger charge is 2.20. The Balaban J connectivity index is 2.09. The Kier molecular flexibility index (Phi) is 7.17. The van der Waals surface area contributed by atoms with Crippen LogP contribution in [-0.4, -0.2) is 5.38 Å². The molecule has 0 radical (unpaired) electrons. The third-order valence-electron chi connectivity index (χ3n) is 3.55. The second-order valence-corrected chi connectivity index (χ2v) is 5.40. The zero-order valence-electron chi connectivity index (χ0n) is 9.89. The van der Waals surface area contributed by atoms with Crippen molar-refractivity contribution in [2.45, 2.75) is 69.6 Å². The van der Waals surface area contributed by atoms with Crippen molar-refractivity contribution < 1.29 is 0 Å². The maximum Gasteiger partial charge on any atom is 0.0364 e. The number of hydrogen-bond acceptors (Lipinski definition) is 0. The Labute approximate surface area is 100 Å². The summed E-state index contributed by atoms with van der Waals surface area (Å²) in [6.45, 7) is 3.75. The van der Waals surface area contributed by atoms with Gasteiger partial charge in [0.25, 0.3) is 0 Å². The van der Waals surface area contributed by atoms with Gasteiger partial charge in [-0.1, -0.05) is 38.2 Å². The van der Waals surface area contributed by atoms with Gasteiger partial charge in [-0.25, -0.2) is 0 Å². The average Bonchev–Trinajstić information content (AvgIpc) is 2.44. The van der Waals surface area contributed by atoms with E-state index in [1.54, 1.807) is 0 Å². The van der Waals surface area contributed by atoms with Crippen molar-refractivity contribution in [2.24, 2.45) is 5.92 Å². The van der Waals surface area contributed by atoms with Gasteiger partial charge in [0.15, 0.2) is 0 Å². The van der Waals surface area contributed by atoms with Crippen LogP contribution in [0.4, 0.5) is 0 Å². The van der Waals surface area contributed by atoms with Crippen LogP contribution in [-0.2, 0) is 0 Å². The SMILES string of the molecule is C=CCCCCCC1CCCCCC1Cl. The first-order chi connectivity index (χ1) is 7.34. The van der Waals surface area contributed by atoms with Gasteiger partial charge in [-0.3, -0.25) is 0 Å². The summed E-state index contributed by atoms with van der Waals surface area (Å²) < 4.78 is 0. The van der Waals surface area contributed by atoms with E-state index in [-0.39, 0.29) is 0 Å². The van der Waals surface area contributed by atoms with Crippen LogP contribution in [0.15, 0.2) is 12.7 Å². The number of halogens is 1. The highest BCUT2D eigenvalue weighted by Crippen LogP contribution is 2.31. The minimum absolute atomic E-state index is 0.465. The first-order valence-electron chi connectivity index (χ1n) is 6.59. The number of hydrogen-bond donors (Lipinski definition) is 0. The molecule has 0 spiro atoms. The lowest BCUT2D eigenvalue weighted by Crippen LogP contribution is -2.12. The van der Waals surface area contributed by atoms with Crippen LogP contribution in [0, 0.1) is 5.92 Å².